The molecule has 73 heavy (non-hydrogen) atoms. The molecule has 5 heterocycles. The van der Waals surface area contributed by atoms with Crippen LogP contribution in [0.4, 0.5) is 30.2 Å². The number of aryl methyl sites for hydroxylation is 2. The first-order chi connectivity index (χ1) is 35.2. The lowest BCUT2D eigenvalue weighted by Crippen LogP contribution is -2.17. The molecule has 0 spiro atoms. The van der Waals surface area contributed by atoms with E-state index < -0.39 is 23.3 Å². The molecule has 5 aromatic heterocycles. The van der Waals surface area contributed by atoms with E-state index in [1.807, 2.05) is 80.6 Å². The van der Waals surface area contributed by atoms with Crippen molar-refractivity contribution >= 4 is 34.8 Å². The molecule has 0 bridgehead atoms. The lowest BCUT2D eigenvalue weighted by atomic mass is 10.1. The number of ether oxygens (including phenoxy) is 3. The Morgan fingerprint density at radius 3 is 1.56 bits per heavy atom. The summed E-state index contributed by atoms with van der Waals surface area (Å²) in [5, 5.41) is 8.10. The van der Waals surface area contributed by atoms with Gasteiger partial charge in [0.15, 0.2) is 5.75 Å². The van der Waals surface area contributed by atoms with Gasteiger partial charge in [-0.15, -0.1) is 0 Å². The molecule has 9 rings (SSSR count). The number of aromatic nitrogens is 6. The zero-order chi connectivity index (χ0) is 51.6. The molecule has 0 aliphatic rings. The van der Waals surface area contributed by atoms with Crippen LogP contribution < -0.4 is 30.2 Å². The summed E-state index contributed by atoms with van der Waals surface area (Å²) in [6.45, 7) is 4.48. The summed E-state index contributed by atoms with van der Waals surface area (Å²) in [5.74, 6) is -2.10. The van der Waals surface area contributed by atoms with Crippen LogP contribution in [0, 0.1) is 19.7 Å². The second-order valence-electron chi connectivity index (χ2n) is 15.7. The Balaban J connectivity index is 0.000000161. The summed E-state index contributed by atoms with van der Waals surface area (Å²) in [6.07, 6.45) is 10.7. The number of amides is 3. The van der Waals surface area contributed by atoms with Gasteiger partial charge < -0.3 is 30.2 Å². The van der Waals surface area contributed by atoms with E-state index in [1.54, 1.807) is 73.3 Å². The largest absolute Gasteiger partial charge is 0.456 e. The van der Waals surface area contributed by atoms with Gasteiger partial charge in [0, 0.05) is 71.9 Å². The van der Waals surface area contributed by atoms with E-state index >= 15 is 0 Å². The van der Waals surface area contributed by atoms with Gasteiger partial charge >= 0.3 is 0 Å². The molecular weight excluding hydrogens is 940 g/mol. The molecule has 0 saturated carbocycles. The van der Waals surface area contributed by atoms with Crippen molar-refractivity contribution in [2.24, 2.45) is 0 Å². The molecule has 3 N–H and O–H groups in total. The fourth-order valence-electron chi connectivity index (χ4n) is 6.38. The van der Waals surface area contributed by atoms with Crippen molar-refractivity contribution in [2.75, 3.05) is 16.0 Å². The number of carbonyl (C=O) groups is 3. The number of anilines is 3. The van der Waals surface area contributed by atoms with Gasteiger partial charge in [0.1, 0.15) is 58.0 Å². The number of hydrogen-bond acceptors (Lipinski definition) is 12. The molecule has 0 unspecified atom stereocenters. The highest BCUT2D eigenvalue weighted by Crippen LogP contribution is 2.28. The molecule has 3 amide bonds. The van der Waals surface area contributed by atoms with Gasteiger partial charge in [0.05, 0.1) is 24.8 Å². The lowest BCUT2D eigenvalue weighted by molar-refractivity contribution is 0.0126. The predicted octanol–water partition coefficient (Wildman–Crippen LogP) is 12.4. The third-order valence-corrected chi connectivity index (χ3v) is 9.66. The van der Waals surface area contributed by atoms with Crippen LogP contribution in [-0.4, -0.2) is 47.6 Å². The Hall–Kier alpha value is -9.84. The van der Waals surface area contributed by atoms with Crippen molar-refractivity contribution < 1.29 is 41.8 Å². The summed E-state index contributed by atoms with van der Waals surface area (Å²) in [5.41, 5.74) is 3.48. The number of hydrogen-bond donors (Lipinski definition) is 3. The van der Waals surface area contributed by atoms with Crippen LogP contribution in [0.3, 0.4) is 0 Å². The van der Waals surface area contributed by atoms with E-state index in [4.69, 9.17) is 14.2 Å². The topological polar surface area (TPSA) is 192 Å². The van der Waals surface area contributed by atoms with Crippen molar-refractivity contribution in [1.82, 2.24) is 29.9 Å². The van der Waals surface area contributed by atoms with Crippen molar-refractivity contribution in [1.29, 1.82) is 0 Å². The third-order valence-electron chi connectivity index (χ3n) is 9.66. The molecule has 4 aromatic carbocycles. The molecular formula is C55H44F3N9O6. The summed E-state index contributed by atoms with van der Waals surface area (Å²) in [7, 11) is 0. The number of carbonyl (C=O) groups excluding carboxylic acids is 3. The minimum Gasteiger partial charge on any atom is -0.456 e. The standard InChI is InChI=1S/C19H16N2O2.C18H13F3N4O2.C18H15N3O2/c1-14-5-2-6-15(11-14)19(22)21-16-7-3-8-17(12-16)23-18-9-4-10-20-13-18;1-18(20,21)16-4-2-3-15(25-16)17(26)24-12-5-11(19)6-13(7-12)27-14-8-22-10-23-9-14;1-13-5-2-9-17(20-13)18(22)21-14-6-3-7-15(11-14)23-16-8-4-10-19-12-16/h2-13H,1H3,(H,21,22);2-10H,1H3,(H,24,26);2-12H,1H3,(H,21,22). The maximum absolute atomic E-state index is 13.8. The van der Waals surface area contributed by atoms with E-state index in [0.717, 1.165) is 29.5 Å². The van der Waals surface area contributed by atoms with Crippen LogP contribution >= 0.6 is 0 Å². The molecule has 18 heteroatoms. The SMILES string of the molecule is CC(F)(F)c1cccc(C(=O)Nc2cc(F)cc(Oc3cncnc3)c2)n1.Cc1cccc(C(=O)Nc2cccc(Oc3cccnc3)c2)c1.Cc1cccc(C(=O)Nc2cccc(Oc3cccnc3)c2)n1. The second-order valence-corrected chi connectivity index (χ2v) is 15.7. The molecule has 9 aromatic rings. The first kappa shape index (κ1) is 51.0. The average molecular weight is 984 g/mol. The number of alkyl halides is 2. The number of rotatable bonds is 13. The maximum atomic E-state index is 13.8. The first-order valence-corrected chi connectivity index (χ1v) is 22.1. The summed E-state index contributed by atoms with van der Waals surface area (Å²) >= 11 is 0. The van der Waals surface area contributed by atoms with Crippen LogP contribution in [0.2, 0.25) is 0 Å². The zero-order valence-electron chi connectivity index (χ0n) is 39.2. The van der Waals surface area contributed by atoms with Gasteiger partial charge in [0.2, 0.25) is 0 Å². The fraction of sp³-hybridized carbons (Fsp3) is 0.0727. The quantitative estimate of drug-likeness (QED) is 0.0991. The molecule has 0 fully saturated rings. The summed E-state index contributed by atoms with van der Waals surface area (Å²) in [4.78, 5) is 60.2. The third kappa shape index (κ3) is 16.1. The van der Waals surface area contributed by atoms with Crippen molar-refractivity contribution in [3.05, 3.63) is 235 Å². The number of pyridine rings is 4. The second kappa shape index (κ2) is 24.6. The Morgan fingerprint density at radius 2 is 0.986 bits per heavy atom. The van der Waals surface area contributed by atoms with E-state index in [0.29, 0.717) is 52.6 Å². The summed E-state index contributed by atoms with van der Waals surface area (Å²) < 4.78 is 57.4. The van der Waals surface area contributed by atoms with Crippen LogP contribution in [0.1, 0.15) is 55.2 Å². The molecule has 366 valence electrons. The highest BCUT2D eigenvalue weighted by molar-refractivity contribution is 6.05. The normalized spacial score (nSPS) is 10.5. The van der Waals surface area contributed by atoms with Crippen LogP contribution in [-0.2, 0) is 5.92 Å². The molecule has 0 saturated heterocycles. The van der Waals surface area contributed by atoms with Crippen LogP contribution in [0.5, 0.6) is 34.5 Å². The number of nitrogens with one attached hydrogen (secondary N) is 3. The minimum absolute atomic E-state index is 0.0716. The number of halogens is 3. The first-order valence-electron chi connectivity index (χ1n) is 22.1. The molecule has 0 radical (unpaired) electrons. The molecule has 0 aliphatic heterocycles. The van der Waals surface area contributed by atoms with E-state index in [2.05, 4.69) is 45.9 Å². The van der Waals surface area contributed by atoms with E-state index in [1.165, 1.54) is 36.9 Å². The van der Waals surface area contributed by atoms with Gasteiger partial charge in [-0.3, -0.25) is 24.4 Å². The maximum Gasteiger partial charge on any atom is 0.287 e. The Bertz CT molecular complexity index is 3160. The Kier molecular flexibility index (Phi) is 17.2. The highest BCUT2D eigenvalue weighted by Gasteiger charge is 2.27. The monoisotopic (exact) mass is 983 g/mol. The average Bonchev–Trinajstić information content (AvgIpc) is 3.37. The van der Waals surface area contributed by atoms with E-state index in [9.17, 15) is 27.6 Å². The zero-order valence-corrected chi connectivity index (χ0v) is 39.2. The van der Waals surface area contributed by atoms with E-state index in [-0.39, 0.29) is 34.7 Å². The van der Waals surface area contributed by atoms with Crippen molar-refractivity contribution in [3.63, 3.8) is 0 Å². The van der Waals surface area contributed by atoms with Crippen molar-refractivity contribution in [3.8, 4) is 34.5 Å². The predicted molar refractivity (Wildman–Crippen MR) is 268 cm³/mol. The van der Waals surface area contributed by atoms with Gasteiger partial charge in [-0.1, -0.05) is 42.0 Å². The lowest BCUT2D eigenvalue weighted by Gasteiger charge is -2.11. The fourth-order valence-corrected chi connectivity index (χ4v) is 6.38. The smallest absolute Gasteiger partial charge is 0.287 e. The van der Waals surface area contributed by atoms with Gasteiger partial charge in [-0.2, -0.15) is 8.78 Å². The minimum atomic E-state index is -3.19. The number of benzene rings is 4. The number of nitrogens with zero attached hydrogens (tertiary/aromatic N) is 6. The Labute approximate surface area is 417 Å². The van der Waals surface area contributed by atoms with Crippen LogP contribution in [0.25, 0.3) is 0 Å². The molecule has 0 atom stereocenters. The van der Waals surface area contributed by atoms with Crippen molar-refractivity contribution in [2.45, 2.75) is 26.7 Å². The van der Waals surface area contributed by atoms with Gasteiger partial charge in [-0.05, 0) is 105 Å². The van der Waals surface area contributed by atoms with Crippen LogP contribution in [0.15, 0.2) is 195 Å². The Morgan fingerprint density at radius 1 is 0.479 bits per heavy atom. The summed E-state index contributed by atoms with van der Waals surface area (Å²) in [6, 6.07) is 41.7. The molecule has 15 nitrogen and oxygen atoms in total. The highest BCUT2D eigenvalue weighted by atomic mass is 19.3. The molecule has 0 aliphatic carbocycles. The van der Waals surface area contributed by atoms with Gasteiger partial charge in [-0.25, -0.2) is 24.3 Å². The van der Waals surface area contributed by atoms with Gasteiger partial charge in [0.25, 0.3) is 23.6 Å².